The summed E-state index contributed by atoms with van der Waals surface area (Å²) in [6, 6.07) is 5.99. The minimum Gasteiger partial charge on any atom is -0.508 e. The highest BCUT2D eigenvalue weighted by Gasteiger charge is 2.06. The summed E-state index contributed by atoms with van der Waals surface area (Å²) in [5.74, 6) is -0.161. The van der Waals surface area contributed by atoms with E-state index in [1.807, 2.05) is 0 Å². The molecule has 6 nitrogen and oxygen atoms in total. The molecule has 0 amide bonds. The van der Waals surface area contributed by atoms with Crippen LogP contribution in [0.1, 0.15) is 36.0 Å². The molecule has 1 aromatic carbocycles. The lowest BCUT2D eigenvalue weighted by molar-refractivity contribution is 0.0497. The van der Waals surface area contributed by atoms with Gasteiger partial charge < -0.3 is 20.5 Å². The fraction of sp³-hybridized carbons (Fsp3) is 0.467. The van der Waals surface area contributed by atoms with Gasteiger partial charge in [0.1, 0.15) is 5.75 Å². The number of aromatic hydroxyl groups is 1. The molecule has 0 spiro atoms. The van der Waals surface area contributed by atoms with Crippen LogP contribution in [0.3, 0.4) is 0 Å². The molecule has 0 aliphatic carbocycles. The van der Waals surface area contributed by atoms with Crippen molar-refractivity contribution in [2.24, 2.45) is 5.73 Å². The van der Waals surface area contributed by atoms with E-state index in [0.29, 0.717) is 12.2 Å². The maximum atomic E-state index is 11.7. The van der Waals surface area contributed by atoms with Crippen molar-refractivity contribution in [1.82, 2.24) is 4.90 Å². The van der Waals surface area contributed by atoms with Crippen molar-refractivity contribution in [3.05, 3.63) is 29.8 Å². The third-order valence-corrected chi connectivity index (χ3v) is 3.14. The Kier molecular flexibility index (Phi) is 7.08. The molecule has 0 saturated heterocycles. The molecule has 0 bridgehead atoms. The average molecular weight is 293 g/mol. The van der Waals surface area contributed by atoms with E-state index < -0.39 is 0 Å². The summed E-state index contributed by atoms with van der Waals surface area (Å²) >= 11 is 0. The van der Waals surface area contributed by atoms with Gasteiger partial charge in [-0.05, 0) is 43.5 Å². The number of rotatable bonds is 8. The molecule has 0 aliphatic rings. The Morgan fingerprint density at radius 3 is 2.48 bits per heavy atom. The molecule has 4 N–H and O–H groups in total. The summed E-state index contributed by atoms with van der Waals surface area (Å²) in [4.78, 5) is 13.4. The first-order valence-corrected chi connectivity index (χ1v) is 7.02. The van der Waals surface area contributed by atoms with Crippen LogP contribution >= 0.6 is 0 Å². The first-order chi connectivity index (χ1) is 10.0. The number of nitrogens with one attached hydrogen (secondary N) is 1. The van der Waals surface area contributed by atoms with Gasteiger partial charge in [0, 0.05) is 13.6 Å². The molecule has 1 aromatic rings. The third kappa shape index (κ3) is 6.65. The third-order valence-electron chi connectivity index (χ3n) is 3.14. The highest BCUT2D eigenvalue weighted by molar-refractivity contribution is 5.89. The fourth-order valence-corrected chi connectivity index (χ4v) is 1.77. The maximum Gasteiger partial charge on any atom is 0.338 e. The van der Waals surface area contributed by atoms with Crippen molar-refractivity contribution in [1.29, 1.82) is 5.41 Å². The number of hydrogen-bond acceptors (Lipinski definition) is 4. The molecular weight excluding hydrogens is 270 g/mol. The zero-order valence-corrected chi connectivity index (χ0v) is 12.3. The van der Waals surface area contributed by atoms with Crippen molar-refractivity contribution >= 4 is 11.9 Å². The zero-order chi connectivity index (χ0) is 15.7. The highest BCUT2D eigenvalue weighted by atomic mass is 16.5. The Morgan fingerprint density at radius 1 is 1.24 bits per heavy atom. The first kappa shape index (κ1) is 16.8. The Labute approximate surface area is 125 Å². The molecule has 0 unspecified atom stereocenters. The number of carbonyl (C=O) groups excluding carboxylic acids is 1. The first-order valence-electron chi connectivity index (χ1n) is 7.02. The van der Waals surface area contributed by atoms with Crippen LogP contribution in [0, 0.1) is 5.41 Å². The number of guanidine groups is 1. The van der Waals surface area contributed by atoms with Gasteiger partial charge in [0.15, 0.2) is 5.96 Å². The molecular formula is C15H23N3O3. The molecule has 0 heterocycles. The van der Waals surface area contributed by atoms with Crippen LogP contribution in [0.5, 0.6) is 5.75 Å². The Morgan fingerprint density at radius 2 is 1.86 bits per heavy atom. The summed E-state index contributed by atoms with van der Waals surface area (Å²) in [6.45, 7) is 1.16. The van der Waals surface area contributed by atoms with E-state index in [1.165, 1.54) is 24.3 Å². The van der Waals surface area contributed by atoms with Crippen LogP contribution in [-0.4, -0.2) is 42.1 Å². The lowest BCUT2D eigenvalue weighted by Gasteiger charge is -2.15. The van der Waals surface area contributed by atoms with Crippen LogP contribution < -0.4 is 5.73 Å². The van der Waals surface area contributed by atoms with Gasteiger partial charge in [-0.1, -0.05) is 6.42 Å². The highest BCUT2D eigenvalue weighted by Crippen LogP contribution is 2.11. The van der Waals surface area contributed by atoms with E-state index in [-0.39, 0.29) is 17.7 Å². The van der Waals surface area contributed by atoms with E-state index in [4.69, 9.17) is 21.0 Å². The Balaban J connectivity index is 2.07. The number of esters is 1. The number of benzene rings is 1. The summed E-state index contributed by atoms with van der Waals surface area (Å²) in [5, 5.41) is 16.4. The van der Waals surface area contributed by atoms with E-state index in [2.05, 4.69) is 0 Å². The maximum absolute atomic E-state index is 11.7. The molecule has 0 atom stereocenters. The van der Waals surface area contributed by atoms with E-state index in [1.54, 1.807) is 11.9 Å². The van der Waals surface area contributed by atoms with Crippen LogP contribution in [-0.2, 0) is 4.74 Å². The quantitative estimate of drug-likeness (QED) is 0.294. The molecule has 0 saturated carbocycles. The van der Waals surface area contributed by atoms with E-state index in [9.17, 15) is 4.79 Å². The second-order valence-electron chi connectivity index (χ2n) is 4.90. The number of carbonyl (C=O) groups is 1. The summed E-state index contributed by atoms with van der Waals surface area (Å²) in [7, 11) is 1.79. The van der Waals surface area contributed by atoms with Gasteiger partial charge in [-0.3, -0.25) is 5.41 Å². The Bertz CT molecular complexity index is 460. The summed E-state index contributed by atoms with van der Waals surface area (Å²) in [5.41, 5.74) is 5.77. The van der Waals surface area contributed by atoms with Crippen molar-refractivity contribution in [2.75, 3.05) is 20.2 Å². The number of phenols is 1. The molecule has 116 valence electrons. The van der Waals surface area contributed by atoms with E-state index in [0.717, 1.165) is 32.2 Å². The standard InChI is InChI=1S/C15H23N3O3/c1-18(15(16)17)10-4-2-3-5-11-21-14(20)12-6-8-13(19)9-7-12/h6-9,19H,2-5,10-11H2,1H3,(H3,16,17). The summed E-state index contributed by atoms with van der Waals surface area (Å²) < 4.78 is 5.15. The van der Waals surface area contributed by atoms with E-state index >= 15 is 0 Å². The Hall–Kier alpha value is -2.24. The van der Waals surface area contributed by atoms with Crippen molar-refractivity contribution in [3.63, 3.8) is 0 Å². The lowest BCUT2D eigenvalue weighted by atomic mass is 10.2. The molecule has 0 aliphatic heterocycles. The van der Waals surface area contributed by atoms with Gasteiger partial charge in [0.25, 0.3) is 0 Å². The molecule has 21 heavy (non-hydrogen) atoms. The number of phenolic OH excluding ortho intramolecular Hbond substituents is 1. The minimum atomic E-state index is -0.369. The number of hydrogen-bond donors (Lipinski definition) is 3. The number of unbranched alkanes of at least 4 members (excludes halogenated alkanes) is 3. The van der Waals surface area contributed by atoms with Gasteiger partial charge in [0.05, 0.1) is 12.2 Å². The van der Waals surface area contributed by atoms with Crippen molar-refractivity contribution in [3.8, 4) is 5.75 Å². The normalized spacial score (nSPS) is 10.1. The molecule has 0 fully saturated rings. The topological polar surface area (TPSA) is 99.6 Å². The number of ether oxygens (including phenoxy) is 1. The monoisotopic (exact) mass is 293 g/mol. The van der Waals surface area contributed by atoms with Crippen molar-refractivity contribution < 1.29 is 14.6 Å². The van der Waals surface area contributed by atoms with Gasteiger partial charge in [-0.25, -0.2) is 4.79 Å². The number of nitrogens with zero attached hydrogens (tertiary/aromatic N) is 1. The zero-order valence-electron chi connectivity index (χ0n) is 12.3. The minimum absolute atomic E-state index is 0.0813. The second kappa shape index (κ2) is 8.84. The molecule has 0 radical (unpaired) electrons. The molecule has 6 heteroatoms. The van der Waals surface area contributed by atoms with Gasteiger partial charge in [-0.15, -0.1) is 0 Å². The average Bonchev–Trinajstić information content (AvgIpc) is 2.46. The van der Waals surface area contributed by atoms with Crippen molar-refractivity contribution in [2.45, 2.75) is 25.7 Å². The van der Waals surface area contributed by atoms with Gasteiger partial charge in [-0.2, -0.15) is 0 Å². The fourth-order valence-electron chi connectivity index (χ4n) is 1.77. The predicted molar refractivity (Wildman–Crippen MR) is 81.4 cm³/mol. The van der Waals surface area contributed by atoms with Gasteiger partial charge >= 0.3 is 5.97 Å². The van der Waals surface area contributed by atoms with Crippen LogP contribution in [0.15, 0.2) is 24.3 Å². The SMILES string of the molecule is CN(CCCCCCOC(=O)c1ccc(O)cc1)C(=N)N. The van der Waals surface area contributed by atoms with Gasteiger partial charge in [0.2, 0.25) is 0 Å². The molecule has 1 rings (SSSR count). The van der Waals surface area contributed by atoms with Crippen LogP contribution in [0.25, 0.3) is 0 Å². The largest absolute Gasteiger partial charge is 0.508 e. The smallest absolute Gasteiger partial charge is 0.338 e. The van der Waals surface area contributed by atoms with Crippen LogP contribution in [0.4, 0.5) is 0 Å². The summed E-state index contributed by atoms with van der Waals surface area (Å²) in [6.07, 6.45) is 3.75. The predicted octanol–water partition coefficient (Wildman–Crippen LogP) is 1.93. The number of nitrogens with two attached hydrogens (primary N) is 1. The lowest BCUT2D eigenvalue weighted by Crippen LogP contribution is -2.33. The second-order valence-corrected chi connectivity index (χ2v) is 4.90. The molecule has 0 aromatic heterocycles. The van der Waals surface area contributed by atoms with Crippen LogP contribution in [0.2, 0.25) is 0 Å².